The molecule has 0 N–H and O–H groups in total. The maximum Gasteiger partial charge on any atom is 0.363 e. The average Bonchev–Trinajstić information content (AvgIpc) is 2.83. The highest BCUT2D eigenvalue weighted by Crippen LogP contribution is 2.21. The van der Waals surface area contributed by atoms with E-state index in [2.05, 4.69) is 20.9 Å². The van der Waals surface area contributed by atoms with Crippen LogP contribution in [0.1, 0.15) is 16.7 Å². The van der Waals surface area contributed by atoms with Gasteiger partial charge in [-0.05, 0) is 42.3 Å². The number of halogens is 1. The van der Waals surface area contributed by atoms with E-state index < -0.39 is 5.97 Å². The third-order valence-corrected chi connectivity index (χ3v) is 3.70. The molecule has 21 heavy (non-hydrogen) atoms. The van der Waals surface area contributed by atoms with E-state index in [9.17, 15) is 4.79 Å². The second kappa shape index (κ2) is 5.66. The molecule has 104 valence electrons. The fraction of sp³-hybridized carbons (Fsp3) is 0.0588. The van der Waals surface area contributed by atoms with Crippen LogP contribution in [-0.2, 0) is 9.53 Å². The SMILES string of the molecule is Cc1ccccc1C1=N/C(=C\c2ccc(Br)cc2)C(=O)O1. The predicted molar refractivity (Wildman–Crippen MR) is 85.9 cm³/mol. The van der Waals surface area contributed by atoms with Crippen molar-refractivity contribution in [1.82, 2.24) is 0 Å². The Morgan fingerprint density at radius 3 is 2.52 bits per heavy atom. The third kappa shape index (κ3) is 2.95. The number of ether oxygens (including phenoxy) is 1. The van der Waals surface area contributed by atoms with Crippen molar-refractivity contribution in [2.45, 2.75) is 6.92 Å². The summed E-state index contributed by atoms with van der Waals surface area (Å²) in [4.78, 5) is 16.2. The summed E-state index contributed by atoms with van der Waals surface area (Å²) in [7, 11) is 0. The van der Waals surface area contributed by atoms with Gasteiger partial charge in [0, 0.05) is 10.0 Å². The van der Waals surface area contributed by atoms with Gasteiger partial charge in [-0.25, -0.2) is 9.79 Å². The van der Waals surface area contributed by atoms with E-state index in [1.54, 1.807) is 6.08 Å². The third-order valence-electron chi connectivity index (χ3n) is 3.17. The van der Waals surface area contributed by atoms with Gasteiger partial charge in [0.25, 0.3) is 0 Å². The van der Waals surface area contributed by atoms with Crippen LogP contribution >= 0.6 is 15.9 Å². The molecule has 2 aromatic carbocycles. The summed E-state index contributed by atoms with van der Waals surface area (Å²) >= 11 is 3.38. The number of hydrogen-bond donors (Lipinski definition) is 0. The number of benzene rings is 2. The number of carbonyl (C=O) groups excluding carboxylic acids is 1. The molecule has 0 aliphatic carbocycles. The Labute approximate surface area is 131 Å². The predicted octanol–water partition coefficient (Wildman–Crippen LogP) is 4.10. The highest BCUT2D eigenvalue weighted by atomic mass is 79.9. The Morgan fingerprint density at radius 2 is 1.81 bits per heavy atom. The van der Waals surface area contributed by atoms with Gasteiger partial charge in [-0.3, -0.25) is 0 Å². The zero-order valence-corrected chi connectivity index (χ0v) is 12.9. The minimum Gasteiger partial charge on any atom is -0.402 e. The van der Waals surface area contributed by atoms with Crippen LogP contribution in [-0.4, -0.2) is 11.9 Å². The Morgan fingerprint density at radius 1 is 1.10 bits per heavy atom. The average molecular weight is 342 g/mol. The first-order valence-electron chi connectivity index (χ1n) is 6.47. The summed E-state index contributed by atoms with van der Waals surface area (Å²) < 4.78 is 6.26. The number of rotatable bonds is 2. The van der Waals surface area contributed by atoms with Gasteiger partial charge in [-0.1, -0.05) is 46.3 Å². The van der Waals surface area contributed by atoms with Gasteiger partial charge in [0.1, 0.15) is 0 Å². The maximum absolute atomic E-state index is 11.9. The van der Waals surface area contributed by atoms with Gasteiger partial charge in [0.2, 0.25) is 5.90 Å². The molecule has 3 nitrogen and oxygen atoms in total. The summed E-state index contributed by atoms with van der Waals surface area (Å²) in [6.45, 7) is 1.96. The first-order valence-corrected chi connectivity index (χ1v) is 7.27. The first-order chi connectivity index (χ1) is 10.1. The molecule has 0 saturated carbocycles. The topological polar surface area (TPSA) is 38.7 Å². The molecule has 0 amide bonds. The van der Waals surface area contributed by atoms with Crippen molar-refractivity contribution < 1.29 is 9.53 Å². The smallest absolute Gasteiger partial charge is 0.363 e. The fourth-order valence-corrected chi connectivity index (χ4v) is 2.32. The quantitative estimate of drug-likeness (QED) is 0.609. The highest BCUT2D eigenvalue weighted by Gasteiger charge is 2.24. The molecule has 1 aliphatic rings. The molecule has 4 heteroatoms. The molecule has 0 aromatic heterocycles. The second-order valence-electron chi connectivity index (χ2n) is 4.70. The summed E-state index contributed by atoms with van der Waals surface area (Å²) in [5, 5.41) is 0. The monoisotopic (exact) mass is 341 g/mol. The van der Waals surface area contributed by atoms with Gasteiger partial charge >= 0.3 is 5.97 Å². The molecular formula is C17H12BrNO2. The largest absolute Gasteiger partial charge is 0.402 e. The molecule has 0 fully saturated rings. The van der Waals surface area contributed by atoms with Crippen LogP contribution in [0.2, 0.25) is 0 Å². The van der Waals surface area contributed by atoms with Crippen LogP contribution < -0.4 is 0 Å². The Balaban J connectivity index is 1.96. The normalized spacial score (nSPS) is 16.0. The summed E-state index contributed by atoms with van der Waals surface area (Å²) in [6, 6.07) is 15.3. The van der Waals surface area contributed by atoms with Crippen molar-refractivity contribution in [2.24, 2.45) is 4.99 Å². The zero-order chi connectivity index (χ0) is 14.8. The number of nitrogens with zero attached hydrogens (tertiary/aromatic N) is 1. The number of aliphatic imine (C=N–C) groups is 1. The van der Waals surface area contributed by atoms with E-state index in [0.29, 0.717) is 11.6 Å². The van der Waals surface area contributed by atoms with Gasteiger partial charge in [0.05, 0.1) is 0 Å². The van der Waals surface area contributed by atoms with Gasteiger partial charge < -0.3 is 4.74 Å². The van der Waals surface area contributed by atoms with E-state index in [-0.39, 0.29) is 0 Å². The molecule has 2 aromatic rings. The van der Waals surface area contributed by atoms with Crippen LogP contribution in [0.4, 0.5) is 0 Å². The molecule has 0 radical (unpaired) electrons. The zero-order valence-electron chi connectivity index (χ0n) is 11.3. The van der Waals surface area contributed by atoms with E-state index in [4.69, 9.17) is 4.74 Å². The van der Waals surface area contributed by atoms with E-state index in [1.165, 1.54) is 0 Å². The van der Waals surface area contributed by atoms with Crippen molar-refractivity contribution >= 4 is 33.9 Å². The van der Waals surface area contributed by atoms with Crippen molar-refractivity contribution in [3.8, 4) is 0 Å². The van der Waals surface area contributed by atoms with E-state index >= 15 is 0 Å². The number of hydrogen-bond acceptors (Lipinski definition) is 3. The fourth-order valence-electron chi connectivity index (χ4n) is 2.05. The second-order valence-corrected chi connectivity index (χ2v) is 5.62. The van der Waals surface area contributed by atoms with Crippen LogP contribution in [0, 0.1) is 6.92 Å². The number of esters is 1. The van der Waals surface area contributed by atoms with Crippen molar-refractivity contribution in [1.29, 1.82) is 0 Å². The lowest BCUT2D eigenvalue weighted by Gasteiger charge is -2.02. The molecule has 0 spiro atoms. The molecule has 3 rings (SSSR count). The first kappa shape index (κ1) is 13.8. The molecule has 1 heterocycles. The Kier molecular flexibility index (Phi) is 3.71. The van der Waals surface area contributed by atoms with Crippen molar-refractivity contribution in [2.75, 3.05) is 0 Å². The molecule has 0 saturated heterocycles. The summed E-state index contributed by atoms with van der Waals surface area (Å²) in [5.41, 5.74) is 3.08. The molecular weight excluding hydrogens is 330 g/mol. The van der Waals surface area contributed by atoms with Crippen LogP contribution in [0.5, 0.6) is 0 Å². The number of carbonyl (C=O) groups is 1. The molecule has 0 unspecified atom stereocenters. The Bertz CT molecular complexity index is 761. The lowest BCUT2D eigenvalue weighted by atomic mass is 10.1. The Hall–Kier alpha value is -2.20. The summed E-state index contributed by atoms with van der Waals surface area (Å²) in [5.74, 6) is -0.0577. The lowest BCUT2D eigenvalue weighted by Crippen LogP contribution is -2.06. The highest BCUT2D eigenvalue weighted by molar-refractivity contribution is 9.10. The number of aryl methyl sites for hydroxylation is 1. The molecule has 1 aliphatic heterocycles. The van der Waals surface area contributed by atoms with E-state index in [1.807, 2.05) is 55.5 Å². The van der Waals surface area contributed by atoms with Gasteiger partial charge in [-0.2, -0.15) is 0 Å². The van der Waals surface area contributed by atoms with Crippen LogP contribution in [0.15, 0.2) is 63.7 Å². The van der Waals surface area contributed by atoms with E-state index in [0.717, 1.165) is 21.2 Å². The van der Waals surface area contributed by atoms with Gasteiger partial charge in [-0.15, -0.1) is 0 Å². The molecule has 0 atom stereocenters. The number of cyclic esters (lactones) is 1. The van der Waals surface area contributed by atoms with Crippen molar-refractivity contribution in [3.63, 3.8) is 0 Å². The van der Waals surface area contributed by atoms with Gasteiger partial charge in [0.15, 0.2) is 5.70 Å². The minimum absolute atomic E-state index is 0.315. The lowest BCUT2D eigenvalue weighted by molar-refractivity contribution is -0.129. The summed E-state index contributed by atoms with van der Waals surface area (Å²) in [6.07, 6.45) is 1.72. The van der Waals surface area contributed by atoms with Crippen LogP contribution in [0.25, 0.3) is 6.08 Å². The molecule has 0 bridgehead atoms. The van der Waals surface area contributed by atoms with Crippen molar-refractivity contribution in [3.05, 3.63) is 75.4 Å². The standard InChI is InChI=1S/C17H12BrNO2/c1-11-4-2-3-5-14(11)16-19-15(17(20)21-16)10-12-6-8-13(18)9-7-12/h2-10H,1H3/b15-10-. The maximum atomic E-state index is 11.9. The van der Waals surface area contributed by atoms with Crippen LogP contribution in [0.3, 0.4) is 0 Å². The minimum atomic E-state index is -0.420.